The maximum absolute atomic E-state index is 12.1. The molecule has 4 N–H and O–H groups in total. The second-order valence-electron chi connectivity index (χ2n) is 5.46. The average molecular weight is 358 g/mol. The summed E-state index contributed by atoms with van der Waals surface area (Å²) in [6, 6.07) is 5.17. The molecular weight excluding hydrogens is 334 g/mol. The van der Waals surface area contributed by atoms with E-state index in [1.165, 1.54) is 7.11 Å². The first-order chi connectivity index (χ1) is 11.1. The van der Waals surface area contributed by atoms with Gasteiger partial charge in [-0.25, -0.2) is 0 Å². The van der Waals surface area contributed by atoms with Crippen LogP contribution in [0.25, 0.3) is 0 Å². The van der Waals surface area contributed by atoms with Crippen molar-refractivity contribution in [3.63, 3.8) is 0 Å². The Balaban J connectivity index is 0.00000288. The van der Waals surface area contributed by atoms with Gasteiger partial charge in [0.25, 0.3) is 5.91 Å². The van der Waals surface area contributed by atoms with Gasteiger partial charge >= 0.3 is 0 Å². The zero-order valence-corrected chi connectivity index (χ0v) is 14.5. The summed E-state index contributed by atoms with van der Waals surface area (Å²) >= 11 is 0. The van der Waals surface area contributed by atoms with Gasteiger partial charge in [0, 0.05) is 6.54 Å². The average Bonchev–Trinajstić information content (AvgIpc) is 2.58. The second kappa shape index (κ2) is 10.00. The molecule has 1 aromatic rings. The molecule has 24 heavy (non-hydrogen) atoms. The number of piperidine rings is 1. The minimum atomic E-state index is -0.552. The molecule has 1 aliphatic heterocycles. The summed E-state index contributed by atoms with van der Waals surface area (Å²) in [5.41, 5.74) is 5.94. The molecule has 0 aliphatic carbocycles. The highest BCUT2D eigenvalue weighted by Gasteiger charge is 2.20. The van der Waals surface area contributed by atoms with Crippen molar-refractivity contribution in [2.45, 2.75) is 31.8 Å². The predicted octanol–water partition coefficient (Wildman–Crippen LogP) is 0.739. The third-order valence-electron chi connectivity index (χ3n) is 3.69. The van der Waals surface area contributed by atoms with Crippen LogP contribution in [0.3, 0.4) is 0 Å². The van der Waals surface area contributed by atoms with E-state index in [2.05, 4.69) is 10.6 Å². The second-order valence-corrected chi connectivity index (χ2v) is 5.46. The van der Waals surface area contributed by atoms with Crippen molar-refractivity contribution >= 4 is 24.2 Å². The van der Waals surface area contributed by atoms with E-state index in [9.17, 15) is 9.59 Å². The van der Waals surface area contributed by atoms with Crippen molar-refractivity contribution in [1.82, 2.24) is 10.6 Å². The largest absolute Gasteiger partial charge is 0.493 e. The summed E-state index contributed by atoms with van der Waals surface area (Å²) < 4.78 is 10.5. The third-order valence-corrected chi connectivity index (χ3v) is 3.69. The van der Waals surface area contributed by atoms with Crippen molar-refractivity contribution in [2.24, 2.45) is 5.73 Å². The Kier molecular flexibility index (Phi) is 8.35. The van der Waals surface area contributed by atoms with Gasteiger partial charge in [0.2, 0.25) is 5.91 Å². The Morgan fingerprint density at radius 1 is 1.33 bits per heavy atom. The molecule has 0 saturated carbocycles. The molecule has 1 saturated heterocycles. The molecule has 8 heteroatoms. The molecule has 1 heterocycles. The van der Waals surface area contributed by atoms with Crippen LogP contribution < -0.4 is 25.8 Å². The number of rotatable bonds is 7. The van der Waals surface area contributed by atoms with E-state index in [4.69, 9.17) is 15.2 Å². The number of nitrogens with one attached hydrogen (secondary N) is 2. The molecule has 1 atom stereocenters. The van der Waals surface area contributed by atoms with E-state index in [-0.39, 0.29) is 31.0 Å². The van der Waals surface area contributed by atoms with Gasteiger partial charge in [-0.05, 0) is 37.1 Å². The number of benzene rings is 1. The molecule has 1 fully saturated rings. The lowest BCUT2D eigenvalue weighted by atomic mass is 10.0. The van der Waals surface area contributed by atoms with E-state index < -0.39 is 5.91 Å². The van der Waals surface area contributed by atoms with Crippen molar-refractivity contribution in [2.75, 3.05) is 20.3 Å². The standard InChI is InChI=1S/C16H23N3O4.ClH/c1-22-14-8-11(5-6-13(14)23-10-15(17)20)9-19-16(21)12-4-2-3-7-18-12;/h5-6,8,12,18H,2-4,7,9-10H2,1H3,(H2,17,20)(H,19,21);1H. The first-order valence-electron chi connectivity index (χ1n) is 7.69. The first-order valence-corrected chi connectivity index (χ1v) is 7.69. The van der Waals surface area contributed by atoms with Crippen LogP contribution in [0.4, 0.5) is 0 Å². The number of carbonyl (C=O) groups is 2. The van der Waals surface area contributed by atoms with E-state index in [1.807, 2.05) is 6.07 Å². The maximum atomic E-state index is 12.1. The van der Waals surface area contributed by atoms with Crippen LogP contribution in [0, 0.1) is 0 Å². The van der Waals surface area contributed by atoms with Crippen molar-refractivity contribution in [3.05, 3.63) is 23.8 Å². The van der Waals surface area contributed by atoms with Crippen molar-refractivity contribution in [3.8, 4) is 11.5 Å². The summed E-state index contributed by atoms with van der Waals surface area (Å²) in [6.07, 6.45) is 3.06. The van der Waals surface area contributed by atoms with E-state index in [0.717, 1.165) is 31.4 Å². The van der Waals surface area contributed by atoms with E-state index in [0.29, 0.717) is 18.0 Å². The molecule has 0 spiro atoms. The smallest absolute Gasteiger partial charge is 0.255 e. The number of methoxy groups -OCH3 is 1. The predicted molar refractivity (Wildman–Crippen MR) is 92.4 cm³/mol. The van der Waals surface area contributed by atoms with Gasteiger partial charge in [-0.3, -0.25) is 9.59 Å². The molecule has 1 aromatic carbocycles. The Hall–Kier alpha value is -1.99. The molecular formula is C16H24ClN3O4. The summed E-state index contributed by atoms with van der Waals surface area (Å²) in [7, 11) is 1.51. The number of carbonyl (C=O) groups excluding carboxylic acids is 2. The molecule has 2 rings (SSSR count). The zero-order chi connectivity index (χ0) is 16.7. The third kappa shape index (κ3) is 5.90. The number of hydrogen-bond donors (Lipinski definition) is 3. The minimum absolute atomic E-state index is 0. The number of amides is 2. The molecule has 2 amide bonds. The minimum Gasteiger partial charge on any atom is -0.493 e. The van der Waals surface area contributed by atoms with Crippen LogP contribution >= 0.6 is 12.4 Å². The fourth-order valence-corrected chi connectivity index (χ4v) is 2.48. The van der Waals surface area contributed by atoms with Gasteiger partial charge < -0.3 is 25.8 Å². The number of primary amides is 1. The van der Waals surface area contributed by atoms with E-state index in [1.54, 1.807) is 12.1 Å². The Morgan fingerprint density at radius 3 is 2.75 bits per heavy atom. The van der Waals surface area contributed by atoms with Crippen LogP contribution in [-0.4, -0.2) is 38.1 Å². The highest BCUT2D eigenvalue weighted by atomic mass is 35.5. The molecule has 1 aliphatic rings. The molecule has 1 unspecified atom stereocenters. The van der Waals surface area contributed by atoms with Crippen LogP contribution in [0.2, 0.25) is 0 Å². The van der Waals surface area contributed by atoms with Gasteiger partial charge in [0.05, 0.1) is 13.2 Å². The lowest BCUT2D eigenvalue weighted by molar-refractivity contribution is -0.124. The summed E-state index contributed by atoms with van der Waals surface area (Å²) in [4.78, 5) is 22.9. The SMILES string of the molecule is COc1cc(CNC(=O)C2CCCCN2)ccc1OCC(N)=O.Cl. The Bertz CT molecular complexity index is 562. The number of hydrogen-bond acceptors (Lipinski definition) is 5. The maximum Gasteiger partial charge on any atom is 0.255 e. The van der Waals surface area contributed by atoms with Crippen LogP contribution in [0.15, 0.2) is 18.2 Å². The monoisotopic (exact) mass is 357 g/mol. The van der Waals surface area contributed by atoms with Crippen LogP contribution in [0.5, 0.6) is 11.5 Å². The Labute approximate surface area is 147 Å². The fraction of sp³-hybridized carbons (Fsp3) is 0.500. The lowest BCUT2D eigenvalue weighted by Crippen LogP contribution is -2.46. The normalized spacial score (nSPS) is 16.6. The lowest BCUT2D eigenvalue weighted by Gasteiger charge is -2.22. The van der Waals surface area contributed by atoms with Gasteiger partial charge in [-0.15, -0.1) is 12.4 Å². The van der Waals surface area contributed by atoms with E-state index >= 15 is 0 Å². The number of nitrogens with two attached hydrogens (primary N) is 1. The number of halogens is 1. The highest BCUT2D eigenvalue weighted by Crippen LogP contribution is 2.28. The Morgan fingerprint density at radius 2 is 2.12 bits per heavy atom. The van der Waals surface area contributed by atoms with Gasteiger partial charge in [-0.2, -0.15) is 0 Å². The van der Waals surface area contributed by atoms with Crippen LogP contribution in [0.1, 0.15) is 24.8 Å². The summed E-state index contributed by atoms with van der Waals surface area (Å²) in [6.45, 7) is 1.08. The van der Waals surface area contributed by atoms with Crippen molar-refractivity contribution < 1.29 is 19.1 Å². The number of ether oxygens (including phenoxy) is 2. The highest BCUT2D eigenvalue weighted by molar-refractivity contribution is 5.85. The fourth-order valence-electron chi connectivity index (χ4n) is 2.48. The molecule has 134 valence electrons. The van der Waals surface area contributed by atoms with Gasteiger partial charge in [-0.1, -0.05) is 12.5 Å². The first kappa shape index (κ1) is 20.1. The summed E-state index contributed by atoms with van der Waals surface area (Å²) in [5.74, 6) is 0.394. The zero-order valence-electron chi connectivity index (χ0n) is 13.7. The van der Waals surface area contributed by atoms with Gasteiger partial charge in [0.15, 0.2) is 18.1 Å². The van der Waals surface area contributed by atoms with Crippen molar-refractivity contribution in [1.29, 1.82) is 0 Å². The summed E-state index contributed by atoms with van der Waals surface area (Å²) in [5, 5.41) is 6.13. The molecule has 0 radical (unpaired) electrons. The quantitative estimate of drug-likeness (QED) is 0.668. The van der Waals surface area contributed by atoms with Gasteiger partial charge in [0.1, 0.15) is 0 Å². The molecule has 0 bridgehead atoms. The molecule has 0 aromatic heterocycles. The topological polar surface area (TPSA) is 103 Å². The van der Waals surface area contributed by atoms with Crippen LogP contribution in [-0.2, 0) is 16.1 Å². The molecule has 7 nitrogen and oxygen atoms in total.